The van der Waals surface area contributed by atoms with Gasteiger partial charge in [0.1, 0.15) is 0 Å². The number of rotatable bonds is 5. The van der Waals surface area contributed by atoms with Crippen molar-refractivity contribution in [3.8, 4) is 0 Å². The molecule has 1 saturated heterocycles. The molecular weight excluding hydrogens is 469 g/mol. The molecule has 1 aliphatic carbocycles. The first-order valence-corrected chi connectivity index (χ1v) is 11.0. The van der Waals surface area contributed by atoms with Crippen LogP contribution in [0.1, 0.15) is 35.7 Å². The Bertz CT molecular complexity index is 1200. The third-order valence-electron chi connectivity index (χ3n) is 5.93. The highest BCUT2D eigenvalue weighted by atomic mass is 35.5. The predicted octanol–water partition coefficient (Wildman–Crippen LogP) is 4.80. The van der Waals surface area contributed by atoms with Crippen LogP contribution < -0.4 is 0 Å². The van der Waals surface area contributed by atoms with Gasteiger partial charge in [-0.05, 0) is 56.2 Å². The fraction of sp³-hybridized carbons (Fsp3) is 0.261. The van der Waals surface area contributed by atoms with Crippen LogP contribution in [-0.2, 0) is 16.1 Å². The van der Waals surface area contributed by atoms with E-state index in [2.05, 4.69) is 0 Å². The maximum atomic E-state index is 13.5. The molecule has 0 bridgehead atoms. The molecule has 0 aromatic heterocycles. The van der Waals surface area contributed by atoms with Gasteiger partial charge in [-0.2, -0.15) is 5.01 Å². The van der Waals surface area contributed by atoms with Gasteiger partial charge in [0.05, 0.1) is 28.9 Å². The lowest BCUT2D eigenvalue weighted by Crippen LogP contribution is -2.49. The Morgan fingerprint density at radius 3 is 2.39 bits per heavy atom. The number of nitrogens with zero attached hydrogens (tertiary/aromatic N) is 3. The summed E-state index contributed by atoms with van der Waals surface area (Å²) in [6.07, 6.45) is 2.75. The van der Waals surface area contributed by atoms with Gasteiger partial charge in [0.2, 0.25) is 0 Å². The molecule has 0 saturated carbocycles. The van der Waals surface area contributed by atoms with Crippen molar-refractivity contribution in [1.29, 1.82) is 0 Å². The number of hydrogen-bond donors (Lipinski definition) is 0. The van der Waals surface area contributed by atoms with Crippen LogP contribution in [0.3, 0.4) is 0 Å². The monoisotopic (exact) mass is 487 g/mol. The van der Waals surface area contributed by atoms with Gasteiger partial charge in [0, 0.05) is 21.7 Å². The van der Waals surface area contributed by atoms with Crippen molar-refractivity contribution in [1.82, 2.24) is 10.0 Å². The van der Waals surface area contributed by atoms with Crippen molar-refractivity contribution in [3.63, 3.8) is 0 Å². The highest BCUT2D eigenvalue weighted by Gasteiger charge is 2.51. The average Bonchev–Trinajstić information content (AvgIpc) is 3.02. The summed E-state index contributed by atoms with van der Waals surface area (Å²) < 4.78 is 0. The van der Waals surface area contributed by atoms with E-state index in [0.717, 1.165) is 15.6 Å². The van der Waals surface area contributed by atoms with Crippen LogP contribution >= 0.6 is 23.2 Å². The number of imide groups is 1. The number of hydrazine groups is 1. The largest absolute Gasteiger partial charge is 0.275 e. The first-order chi connectivity index (χ1) is 15.7. The molecule has 8 nitrogen and oxygen atoms in total. The van der Waals surface area contributed by atoms with Gasteiger partial charge in [0.25, 0.3) is 23.4 Å². The first-order valence-electron chi connectivity index (χ1n) is 10.2. The van der Waals surface area contributed by atoms with Gasteiger partial charge in [-0.15, -0.1) is 0 Å². The second kappa shape index (κ2) is 8.96. The average molecular weight is 488 g/mol. The zero-order chi connectivity index (χ0) is 23.9. The van der Waals surface area contributed by atoms with Crippen molar-refractivity contribution < 1.29 is 19.3 Å². The van der Waals surface area contributed by atoms with E-state index in [1.807, 2.05) is 13.0 Å². The molecule has 4 rings (SSSR count). The van der Waals surface area contributed by atoms with Crippen molar-refractivity contribution in [2.75, 3.05) is 0 Å². The lowest BCUT2D eigenvalue weighted by Gasteiger charge is -2.30. The maximum absolute atomic E-state index is 13.5. The third-order valence-corrected chi connectivity index (χ3v) is 6.42. The Morgan fingerprint density at radius 2 is 1.73 bits per heavy atom. The minimum Gasteiger partial charge on any atom is -0.272 e. The van der Waals surface area contributed by atoms with Crippen molar-refractivity contribution in [3.05, 3.63) is 85.4 Å². The molecule has 0 spiro atoms. The first kappa shape index (κ1) is 22.9. The zero-order valence-electron chi connectivity index (χ0n) is 17.5. The van der Waals surface area contributed by atoms with E-state index in [0.29, 0.717) is 17.9 Å². The van der Waals surface area contributed by atoms with Crippen LogP contribution in [0.25, 0.3) is 0 Å². The molecule has 3 amide bonds. The number of halogens is 2. The molecule has 2 aliphatic rings. The van der Waals surface area contributed by atoms with Gasteiger partial charge in [-0.1, -0.05) is 34.9 Å². The second-order valence-corrected chi connectivity index (χ2v) is 8.96. The summed E-state index contributed by atoms with van der Waals surface area (Å²) in [6, 6.07) is 10.00. The summed E-state index contributed by atoms with van der Waals surface area (Å²) in [5.74, 6) is -2.77. The van der Waals surface area contributed by atoms with Crippen molar-refractivity contribution in [2.24, 2.45) is 11.8 Å². The Labute approximate surface area is 199 Å². The SMILES string of the molecule is CC1=CC[C@H]2C(=O)N(N(Cc3ccc(Cl)cc3[N+](=O)[O-])C(=O)c3ccc(Cl)cc3)C(=O)[C@@H]2C1. The van der Waals surface area contributed by atoms with Gasteiger partial charge < -0.3 is 0 Å². The van der Waals surface area contributed by atoms with Crippen LogP contribution in [0, 0.1) is 22.0 Å². The number of hydrogen-bond acceptors (Lipinski definition) is 5. The number of allylic oxidation sites excluding steroid dienone is 2. The lowest BCUT2D eigenvalue weighted by atomic mass is 9.82. The highest BCUT2D eigenvalue weighted by Crippen LogP contribution is 2.39. The molecular formula is C23H19Cl2N3O5. The topological polar surface area (TPSA) is 101 Å². The molecule has 170 valence electrons. The summed E-state index contributed by atoms with van der Waals surface area (Å²) in [6.45, 7) is 1.53. The molecule has 33 heavy (non-hydrogen) atoms. The van der Waals surface area contributed by atoms with E-state index in [-0.39, 0.29) is 28.4 Å². The van der Waals surface area contributed by atoms with E-state index < -0.39 is 34.5 Å². The fourth-order valence-electron chi connectivity index (χ4n) is 4.23. The molecule has 1 aliphatic heterocycles. The summed E-state index contributed by atoms with van der Waals surface area (Å²) in [7, 11) is 0. The van der Waals surface area contributed by atoms with Crippen LogP contribution in [0.2, 0.25) is 10.0 Å². The molecule has 1 fully saturated rings. The number of amides is 3. The number of carbonyl (C=O) groups excluding carboxylic acids is 3. The maximum Gasteiger partial charge on any atom is 0.275 e. The minimum absolute atomic E-state index is 0.136. The summed E-state index contributed by atoms with van der Waals surface area (Å²) in [5.41, 5.74) is 1.01. The summed E-state index contributed by atoms with van der Waals surface area (Å²) >= 11 is 11.8. The molecule has 1 heterocycles. The summed E-state index contributed by atoms with van der Waals surface area (Å²) in [5, 5.41) is 14.0. The van der Waals surface area contributed by atoms with Crippen LogP contribution in [-0.4, -0.2) is 32.7 Å². The Morgan fingerprint density at radius 1 is 1.09 bits per heavy atom. The van der Waals surface area contributed by atoms with E-state index in [1.54, 1.807) is 0 Å². The van der Waals surface area contributed by atoms with Crippen molar-refractivity contribution >= 4 is 46.6 Å². The molecule has 0 N–H and O–H groups in total. The number of nitro benzene ring substituents is 1. The number of fused-ring (bicyclic) bond motifs is 1. The fourth-order valence-corrected chi connectivity index (χ4v) is 4.53. The highest BCUT2D eigenvalue weighted by molar-refractivity contribution is 6.31. The number of nitro groups is 1. The summed E-state index contributed by atoms with van der Waals surface area (Å²) in [4.78, 5) is 51.0. The second-order valence-electron chi connectivity index (χ2n) is 8.09. The van der Waals surface area contributed by atoms with E-state index in [9.17, 15) is 24.5 Å². The normalized spacial score (nSPS) is 19.8. The number of carbonyl (C=O) groups is 3. The van der Waals surface area contributed by atoms with E-state index in [1.165, 1.54) is 42.5 Å². The Balaban J connectivity index is 1.77. The molecule has 0 radical (unpaired) electrons. The van der Waals surface area contributed by atoms with Gasteiger partial charge in [-0.3, -0.25) is 24.5 Å². The van der Waals surface area contributed by atoms with Gasteiger partial charge in [0.15, 0.2) is 0 Å². The molecule has 2 atom stereocenters. The molecule has 2 aromatic rings. The van der Waals surface area contributed by atoms with E-state index in [4.69, 9.17) is 23.2 Å². The molecule has 2 aromatic carbocycles. The Kier molecular flexibility index (Phi) is 6.23. The lowest BCUT2D eigenvalue weighted by molar-refractivity contribution is -0.385. The predicted molar refractivity (Wildman–Crippen MR) is 121 cm³/mol. The van der Waals surface area contributed by atoms with Crippen LogP contribution in [0.15, 0.2) is 54.1 Å². The van der Waals surface area contributed by atoms with Gasteiger partial charge >= 0.3 is 0 Å². The minimum atomic E-state index is -0.652. The molecule has 0 unspecified atom stereocenters. The zero-order valence-corrected chi connectivity index (χ0v) is 19.0. The quantitative estimate of drug-likeness (QED) is 0.261. The number of benzene rings is 2. The standard InChI is InChI=1S/C23H19Cl2N3O5/c1-13-2-9-18-19(10-13)23(31)27(22(18)30)26(21(29)14-3-6-16(24)7-4-14)12-15-5-8-17(25)11-20(15)28(32)33/h2-8,11,18-19H,9-10,12H2,1H3/t18-,19-/m1/s1. The van der Waals surface area contributed by atoms with Crippen LogP contribution in [0.5, 0.6) is 0 Å². The Hall–Kier alpha value is -3.23. The van der Waals surface area contributed by atoms with E-state index >= 15 is 0 Å². The van der Waals surface area contributed by atoms with Crippen LogP contribution in [0.4, 0.5) is 5.69 Å². The molecule has 10 heteroatoms. The van der Waals surface area contributed by atoms with Gasteiger partial charge in [-0.25, -0.2) is 5.01 Å². The third kappa shape index (κ3) is 4.36. The smallest absolute Gasteiger partial charge is 0.272 e. The van der Waals surface area contributed by atoms with Crippen molar-refractivity contribution in [2.45, 2.75) is 26.3 Å².